The van der Waals surface area contributed by atoms with Gasteiger partial charge >= 0.3 is 0 Å². The Kier molecular flexibility index (Phi) is 5.91. The first-order valence-electron chi connectivity index (χ1n) is 9.99. The van der Waals surface area contributed by atoms with Gasteiger partial charge in [-0.2, -0.15) is 0 Å². The molecule has 3 aromatic rings. The van der Waals surface area contributed by atoms with E-state index in [1.807, 2.05) is 42.5 Å². The van der Waals surface area contributed by atoms with Gasteiger partial charge in [0.1, 0.15) is 5.75 Å². The lowest BCUT2D eigenvalue weighted by Gasteiger charge is -2.32. The molecule has 0 spiro atoms. The number of halogens is 1. The molecule has 154 valence electrons. The maximum atomic E-state index is 13.3. The number of para-hydroxylation sites is 1. The van der Waals surface area contributed by atoms with Crippen LogP contribution in [0.1, 0.15) is 23.2 Å². The molecule has 0 aromatic heterocycles. The zero-order valence-corrected chi connectivity index (χ0v) is 17.5. The van der Waals surface area contributed by atoms with Gasteiger partial charge in [0, 0.05) is 24.0 Å². The smallest absolute Gasteiger partial charge is 0.254 e. The molecule has 0 unspecified atom stereocenters. The average Bonchev–Trinajstić information content (AvgIpc) is 2.79. The quantitative estimate of drug-likeness (QED) is 0.644. The molecule has 0 aliphatic carbocycles. The molecule has 30 heavy (non-hydrogen) atoms. The Morgan fingerprint density at radius 2 is 1.77 bits per heavy atom. The molecule has 1 saturated heterocycles. The van der Waals surface area contributed by atoms with E-state index in [1.165, 1.54) is 0 Å². The topological polar surface area (TPSA) is 58.6 Å². The van der Waals surface area contributed by atoms with E-state index in [4.69, 9.17) is 16.3 Å². The maximum absolute atomic E-state index is 13.3. The fraction of sp³-hybridized carbons (Fsp3) is 0.250. The number of carbonyl (C=O) groups is 2. The van der Waals surface area contributed by atoms with Crippen LogP contribution in [-0.2, 0) is 4.79 Å². The molecule has 1 aliphatic heterocycles. The Bertz CT molecular complexity index is 1100. The summed E-state index contributed by atoms with van der Waals surface area (Å²) in [6, 6.07) is 18.5. The molecule has 0 radical (unpaired) electrons. The summed E-state index contributed by atoms with van der Waals surface area (Å²) in [5, 5.41) is 5.15. The number of ether oxygens (including phenoxy) is 1. The van der Waals surface area contributed by atoms with Gasteiger partial charge < -0.3 is 15.0 Å². The van der Waals surface area contributed by atoms with Crippen LogP contribution >= 0.6 is 11.6 Å². The third-order valence-corrected chi connectivity index (χ3v) is 5.88. The zero-order chi connectivity index (χ0) is 21.1. The Labute approximate surface area is 180 Å². The van der Waals surface area contributed by atoms with Crippen molar-refractivity contribution in [1.29, 1.82) is 0 Å². The molecule has 1 aliphatic rings. The number of methoxy groups -OCH3 is 1. The van der Waals surface area contributed by atoms with E-state index in [0.717, 1.165) is 29.4 Å². The van der Waals surface area contributed by atoms with Crippen molar-refractivity contribution in [3.8, 4) is 5.75 Å². The van der Waals surface area contributed by atoms with Crippen LogP contribution in [-0.4, -0.2) is 36.9 Å². The summed E-state index contributed by atoms with van der Waals surface area (Å²) in [6.07, 6.45) is 1.52. The largest absolute Gasteiger partial charge is 0.496 e. The van der Waals surface area contributed by atoms with E-state index in [0.29, 0.717) is 29.4 Å². The fourth-order valence-electron chi connectivity index (χ4n) is 3.98. The van der Waals surface area contributed by atoms with E-state index in [1.54, 1.807) is 30.2 Å². The van der Waals surface area contributed by atoms with Gasteiger partial charge in [0.2, 0.25) is 5.91 Å². The van der Waals surface area contributed by atoms with Gasteiger partial charge in [-0.1, -0.05) is 48.0 Å². The minimum absolute atomic E-state index is 0.0657. The third-order valence-electron chi connectivity index (χ3n) is 5.55. The van der Waals surface area contributed by atoms with Crippen LogP contribution < -0.4 is 10.1 Å². The lowest BCUT2D eigenvalue weighted by molar-refractivity contribution is -0.121. The van der Waals surface area contributed by atoms with Gasteiger partial charge in [-0.15, -0.1) is 0 Å². The Hall–Kier alpha value is -3.05. The number of hydrogen-bond donors (Lipinski definition) is 1. The van der Waals surface area contributed by atoms with Crippen LogP contribution in [0.15, 0.2) is 60.7 Å². The van der Waals surface area contributed by atoms with Crippen LogP contribution in [0.3, 0.4) is 0 Å². The Morgan fingerprint density at radius 3 is 2.53 bits per heavy atom. The molecule has 4 rings (SSSR count). The van der Waals surface area contributed by atoms with Gasteiger partial charge in [0.25, 0.3) is 5.91 Å². The van der Waals surface area contributed by atoms with Crippen molar-refractivity contribution >= 4 is 39.9 Å². The predicted octanol–water partition coefficient (Wildman–Crippen LogP) is 4.99. The van der Waals surface area contributed by atoms with Gasteiger partial charge in [0.05, 0.1) is 23.7 Å². The molecule has 1 N–H and O–H groups in total. The first-order valence-corrected chi connectivity index (χ1v) is 10.4. The van der Waals surface area contributed by atoms with E-state index >= 15 is 0 Å². The number of carbonyl (C=O) groups excluding carboxylic acids is 2. The highest BCUT2D eigenvalue weighted by atomic mass is 35.5. The van der Waals surface area contributed by atoms with Gasteiger partial charge in [-0.25, -0.2) is 0 Å². The summed E-state index contributed by atoms with van der Waals surface area (Å²) in [6.45, 7) is 1.02. The second kappa shape index (κ2) is 8.76. The number of piperidine rings is 1. The average molecular weight is 423 g/mol. The predicted molar refractivity (Wildman–Crippen MR) is 119 cm³/mol. The summed E-state index contributed by atoms with van der Waals surface area (Å²) in [5.74, 6) is 0.283. The fourth-order valence-corrected chi connectivity index (χ4v) is 4.16. The summed E-state index contributed by atoms with van der Waals surface area (Å²) >= 11 is 6.16. The second-order valence-corrected chi connectivity index (χ2v) is 7.83. The van der Waals surface area contributed by atoms with E-state index in [2.05, 4.69) is 5.32 Å². The SMILES string of the molecule is COc1ccc(C(=O)N2CCC[C@H](C(=O)Nc3ccccc3Cl)C2)c2ccccc12. The first-order chi connectivity index (χ1) is 14.6. The van der Waals surface area contributed by atoms with Crippen LogP contribution in [0.2, 0.25) is 5.02 Å². The molecule has 0 saturated carbocycles. The van der Waals surface area contributed by atoms with Crippen LogP contribution in [0.5, 0.6) is 5.75 Å². The number of nitrogens with one attached hydrogen (secondary N) is 1. The lowest BCUT2D eigenvalue weighted by atomic mass is 9.95. The minimum Gasteiger partial charge on any atom is -0.496 e. The monoisotopic (exact) mass is 422 g/mol. The zero-order valence-electron chi connectivity index (χ0n) is 16.7. The number of benzene rings is 3. The normalized spacial score (nSPS) is 16.3. The highest BCUT2D eigenvalue weighted by Crippen LogP contribution is 2.30. The van der Waals surface area contributed by atoms with Crippen molar-refractivity contribution in [2.24, 2.45) is 5.92 Å². The summed E-state index contributed by atoms with van der Waals surface area (Å²) in [5.41, 5.74) is 1.22. The molecular weight excluding hydrogens is 400 g/mol. The minimum atomic E-state index is -0.275. The number of nitrogens with zero attached hydrogens (tertiary/aromatic N) is 1. The van der Waals surface area contributed by atoms with Crippen molar-refractivity contribution in [1.82, 2.24) is 4.90 Å². The van der Waals surface area contributed by atoms with Crippen molar-refractivity contribution in [3.05, 3.63) is 71.2 Å². The highest BCUT2D eigenvalue weighted by Gasteiger charge is 2.30. The maximum Gasteiger partial charge on any atom is 0.254 e. The number of anilines is 1. The molecule has 2 amide bonds. The Balaban J connectivity index is 1.54. The third kappa shape index (κ3) is 3.98. The van der Waals surface area contributed by atoms with Crippen molar-refractivity contribution in [2.75, 3.05) is 25.5 Å². The lowest BCUT2D eigenvalue weighted by Crippen LogP contribution is -2.43. The van der Waals surface area contributed by atoms with Crippen LogP contribution in [0.4, 0.5) is 5.69 Å². The van der Waals surface area contributed by atoms with E-state index in [-0.39, 0.29) is 17.7 Å². The van der Waals surface area contributed by atoms with Crippen LogP contribution in [0, 0.1) is 5.92 Å². The molecule has 1 atom stereocenters. The molecule has 1 fully saturated rings. The van der Waals surface area contributed by atoms with Gasteiger partial charge in [-0.3, -0.25) is 9.59 Å². The number of rotatable bonds is 4. The molecule has 0 bridgehead atoms. The van der Waals surface area contributed by atoms with Gasteiger partial charge in [0.15, 0.2) is 0 Å². The number of likely N-dealkylation sites (tertiary alicyclic amines) is 1. The molecule has 3 aromatic carbocycles. The first kappa shape index (κ1) is 20.2. The van der Waals surface area contributed by atoms with Crippen molar-refractivity contribution in [2.45, 2.75) is 12.8 Å². The van der Waals surface area contributed by atoms with E-state index < -0.39 is 0 Å². The number of amides is 2. The van der Waals surface area contributed by atoms with E-state index in [9.17, 15) is 9.59 Å². The number of hydrogen-bond acceptors (Lipinski definition) is 3. The van der Waals surface area contributed by atoms with Crippen molar-refractivity contribution in [3.63, 3.8) is 0 Å². The summed E-state index contributed by atoms with van der Waals surface area (Å²) in [4.78, 5) is 27.9. The van der Waals surface area contributed by atoms with Gasteiger partial charge in [-0.05, 0) is 42.5 Å². The Morgan fingerprint density at radius 1 is 1.03 bits per heavy atom. The van der Waals surface area contributed by atoms with Crippen LogP contribution in [0.25, 0.3) is 10.8 Å². The standard InChI is InChI=1S/C24H23ClN2O3/c1-30-22-13-12-19(17-8-2-3-9-18(17)22)24(29)27-14-6-7-16(15-27)23(28)26-21-11-5-4-10-20(21)25/h2-5,8-13,16H,6-7,14-15H2,1H3,(H,26,28)/t16-/m0/s1. The van der Waals surface area contributed by atoms with Crippen molar-refractivity contribution < 1.29 is 14.3 Å². The summed E-state index contributed by atoms with van der Waals surface area (Å²) in [7, 11) is 1.62. The second-order valence-electron chi connectivity index (χ2n) is 7.42. The summed E-state index contributed by atoms with van der Waals surface area (Å²) < 4.78 is 5.43. The highest BCUT2D eigenvalue weighted by molar-refractivity contribution is 6.33. The molecular formula is C24H23ClN2O3. The molecule has 1 heterocycles. The molecule has 6 heteroatoms. The molecule has 5 nitrogen and oxygen atoms in total. The number of fused-ring (bicyclic) bond motifs is 1.